The van der Waals surface area contributed by atoms with Crippen molar-refractivity contribution in [2.45, 2.75) is 63.5 Å². The molecule has 1 amide bonds. The summed E-state index contributed by atoms with van der Waals surface area (Å²) in [4.78, 5) is 30.1. The van der Waals surface area contributed by atoms with Crippen molar-refractivity contribution in [3.8, 4) is 0 Å². The molecule has 2 saturated heterocycles. The van der Waals surface area contributed by atoms with Gasteiger partial charge >= 0.3 is 5.97 Å². The normalized spacial score (nSPS) is 27.7. The molecular formula is C19H34ClN3O3. The number of carbonyl (C=O) groups excluding carboxylic acids is 1. The fraction of sp³-hybridized carbons (Fsp3) is 0.895. The zero-order chi connectivity index (χ0) is 17.8. The predicted molar refractivity (Wildman–Crippen MR) is 104 cm³/mol. The van der Waals surface area contributed by atoms with Crippen molar-refractivity contribution in [1.29, 1.82) is 0 Å². The number of hydrogen-bond donors (Lipinski definition) is 1. The number of fused-ring (bicyclic) bond motifs is 1. The number of likely N-dealkylation sites (tertiary alicyclic amines) is 2. The highest BCUT2D eigenvalue weighted by Crippen LogP contribution is 2.35. The zero-order valence-corrected chi connectivity index (χ0v) is 16.8. The highest BCUT2D eigenvalue weighted by Gasteiger charge is 2.36. The van der Waals surface area contributed by atoms with E-state index >= 15 is 0 Å². The summed E-state index contributed by atoms with van der Waals surface area (Å²) in [6.45, 7) is 3.36. The van der Waals surface area contributed by atoms with E-state index in [0.29, 0.717) is 24.5 Å². The number of rotatable bonds is 5. The van der Waals surface area contributed by atoms with Crippen LogP contribution in [0.2, 0.25) is 0 Å². The van der Waals surface area contributed by atoms with E-state index in [1.165, 1.54) is 32.1 Å². The molecule has 3 aliphatic rings. The molecule has 2 heterocycles. The second-order valence-electron chi connectivity index (χ2n) is 8.16. The van der Waals surface area contributed by atoms with Crippen molar-refractivity contribution < 1.29 is 14.7 Å². The Morgan fingerprint density at radius 3 is 2.35 bits per heavy atom. The average Bonchev–Trinajstić information content (AvgIpc) is 2.61. The molecule has 7 heteroatoms. The number of nitrogens with zero attached hydrogens (tertiary/aromatic N) is 3. The average molecular weight is 388 g/mol. The second kappa shape index (κ2) is 9.90. The van der Waals surface area contributed by atoms with E-state index in [1.807, 2.05) is 11.9 Å². The Labute approximate surface area is 163 Å². The van der Waals surface area contributed by atoms with E-state index in [0.717, 1.165) is 44.8 Å². The highest BCUT2D eigenvalue weighted by atomic mass is 35.5. The standard InChI is InChI=1S/C19H33N3O3.ClH/c1-20(14-19(24)25)16-8-11-21(12-9-16)13-18(23)22-10-4-6-15-5-2-3-7-17(15)22;/h15-17H,2-14H2,1H3,(H,24,25);1H. The topological polar surface area (TPSA) is 64.1 Å². The number of hydrogen-bond acceptors (Lipinski definition) is 4. The molecule has 1 saturated carbocycles. The molecule has 0 radical (unpaired) electrons. The summed E-state index contributed by atoms with van der Waals surface area (Å²) in [6.07, 6.45) is 9.46. The third kappa shape index (κ3) is 5.33. The van der Waals surface area contributed by atoms with Gasteiger partial charge in [0.05, 0.1) is 13.1 Å². The van der Waals surface area contributed by atoms with Crippen LogP contribution in [0, 0.1) is 5.92 Å². The maximum atomic E-state index is 12.9. The Morgan fingerprint density at radius 2 is 1.65 bits per heavy atom. The summed E-state index contributed by atoms with van der Waals surface area (Å²) in [5.41, 5.74) is 0. The van der Waals surface area contributed by atoms with Crippen LogP contribution in [0.15, 0.2) is 0 Å². The summed E-state index contributed by atoms with van der Waals surface area (Å²) >= 11 is 0. The number of carboxylic acids is 1. The number of piperidine rings is 2. The van der Waals surface area contributed by atoms with Crippen LogP contribution in [0.5, 0.6) is 0 Å². The number of carbonyl (C=O) groups is 2. The maximum Gasteiger partial charge on any atom is 0.317 e. The Kier molecular flexibility index (Phi) is 8.17. The molecule has 0 aromatic carbocycles. The van der Waals surface area contributed by atoms with E-state index in [9.17, 15) is 9.59 Å². The number of amides is 1. The van der Waals surface area contributed by atoms with Gasteiger partial charge in [0, 0.05) is 31.7 Å². The van der Waals surface area contributed by atoms with Gasteiger partial charge in [0.25, 0.3) is 0 Å². The Bertz CT molecular complexity index is 481. The predicted octanol–water partition coefficient (Wildman–Crippen LogP) is 2.07. The van der Waals surface area contributed by atoms with Gasteiger partial charge in [0.15, 0.2) is 0 Å². The SMILES string of the molecule is CN(CC(=O)O)C1CCN(CC(=O)N2CCCC3CCCCC32)CC1.Cl. The third-order valence-electron chi connectivity index (χ3n) is 6.49. The first-order valence-electron chi connectivity index (χ1n) is 9.98. The van der Waals surface area contributed by atoms with Gasteiger partial charge in [0.1, 0.15) is 0 Å². The molecule has 2 atom stereocenters. The minimum absolute atomic E-state index is 0. The van der Waals surface area contributed by atoms with E-state index in [1.54, 1.807) is 0 Å². The number of aliphatic carboxylic acids is 1. The number of carboxylic acid groups (broad SMARTS) is 1. The zero-order valence-electron chi connectivity index (χ0n) is 15.9. The van der Waals surface area contributed by atoms with E-state index < -0.39 is 5.97 Å². The molecule has 2 aliphatic heterocycles. The molecule has 6 nitrogen and oxygen atoms in total. The molecule has 1 aliphatic carbocycles. The highest BCUT2D eigenvalue weighted by molar-refractivity contribution is 5.85. The van der Waals surface area contributed by atoms with Gasteiger partial charge < -0.3 is 10.0 Å². The van der Waals surface area contributed by atoms with E-state index in [-0.39, 0.29) is 19.0 Å². The molecule has 0 spiro atoms. The minimum atomic E-state index is -0.771. The Morgan fingerprint density at radius 1 is 1.00 bits per heavy atom. The Balaban J connectivity index is 0.00000243. The van der Waals surface area contributed by atoms with Crippen LogP contribution in [0.3, 0.4) is 0 Å². The maximum absolute atomic E-state index is 12.9. The van der Waals surface area contributed by atoms with Crippen molar-refractivity contribution in [3.05, 3.63) is 0 Å². The molecule has 150 valence electrons. The van der Waals surface area contributed by atoms with Crippen LogP contribution >= 0.6 is 12.4 Å². The summed E-state index contributed by atoms with van der Waals surface area (Å²) < 4.78 is 0. The fourth-order valence-electron chi connectivity index (χ4n) is 5.08. The smallest absolute Gasteiger partial charge is 0.317 e. The van der Waals surface area contributed by atoms with Crippen molar-refractivity contribution in [1.82, 2.24) is 14.7 Å². The van der Waals surface area contributed by atoms with Crippen molar-refractivity contribution in [3.63, 3.8) is 0 Å². The van der Waals surface area contributed by atoms with Crippen LogP contribution in [0.25, 0.3) is 0 Å². The quantitative estimate of drug-likeness (QED) is 0.782. The largest absolute Gasteiger partial charge is 0.480 e. The lowest BCUT2D eigenvalue weighted by Gasteiger charge is -2.45. The summed E-state index contributed by atoms with van der Waals surface area (Å²) in [6, 6.07) is 0.814. The fourth-order valence-corrected chi connectivity index (χ4v) is 5.08. The first-order chi connectivity index (χ1) is 12.0. The molecule has 3 fully saturated rings. The molecule has 0 bridgehead atoms. The van der Waals surface area contributed by atoms with Crippen LogP contribution < -0.4 is 0 Å². The van der Waals surface area contributed by atoms with E-state index in [4.69, 9.17) is 5.11 Å². The lowest BCUT2D eigenvalue weighted by atomic mass is 9.78. The summed E-state index contributed by atoms with van der Waals surface area (Å²) in [5, 5.41) is 8.92. The minimum Gasteiger partial charge on any atom is -0.480 e. The lowest BCUT2D eigenvalue weighted by molar-refractivity contribution is -0.139. The molecule has 0 aromatic rings. The van der Waals surface area contributed by atoms with Gasteiger partial charge in [-0.1, -0.05) is 12.8 Å². The van der Waals surface area contributed by atoms with Crippen molar-refractivity contribution >= 4 is 24.3 Å². The van der Waals surface area contributed by atoms with E-state index in [2.05, 4.69) is 9.80 Å². The van der Waals surface area contributed by atoms with Crippen molar-refractivity contribution in [2.75, 3.05) is 39.8 Å². The van der Waals surface area contributed by atoms with Crippen molar-refractivity contribution in [2.24, 2.45) is 5.92 Å². The molecule has 2 unspecified atom stereocenters. The van der Waals surface area contributed by atoms with Gasteiger partial charge in [-0.15, -0.1) is 12.4 Å². The van der Waals surface area contributed by atoms with Gasteiger partial charge in [0.2, 0.25) is 5.91 Å². The van der Waals surface area contributed by atoms with Crippen LogP contribution in [0.4, 0.5) is 0 Å². The van der Waals surface area contributed by atoms with Crippen LogP contribution in [-0.2, 0) is 9.59 Å². The Hall–Kier alpha value is -0.850. The first-order valence-corrected chi connectivity index (χ1v) is 9.98. The van der Waals surface area contributed by atoms with Crippen LogP contribution in [-0.4, -0.2) is 83.5 Å². The number of halogens is 1. The third-order valence-corrected chi connectivity index (χ3v) is 6.49. The summed E-state index contributed by atoms with van der Waals surface area (Å²) in [7, 11) is 1.89. The van der Waals surface area contributed by atoms with Gasteiger partial charge in [-0.2, -0.15) is 0 Å². The molecule has 3 rings (SSSR count). The molecule has 1 N–H and O–H groups in total. The number of likely N-dealkylation sites (N-methyl/N-ethyl adjacent to an activating group) is 1. The van der Waals surface area contributed by atoms with Crippen LogP contribution in [0.1, 0.15) is 51.4 Å². The summed E-state index contributed by atoms with van der Waals surface area (Å²) in [5.74, 6) is 0.281. The molecule has 0 aromatic heterocycles. The first kappa shape index (κ1) is 21.5. The van der Waals surface area contributed by atoms with Gasteiger partial charge in [-0.05, 0) is 51.5 Å². The second-order valence-corrected chi connectivity index (χ2v) is 8.16. The molecular weight excluding hydrogens is 354 g/mol. The molecule has 26 heavy (non-hydrogen) atoms. The van der Waals surface area contributed by atoms with Gasteiger partial charge in [-0.3, -0.25) is 19.4 Å². The van der Waals surface area contributed by atoms with Gasteiger partial charge in [-0.25, -0.2) is 0 Å². The monoisotopic (exact) mass is 387 g/mol. The lowest BCUT2D eigenvalue weighted by Crippen LogP contribution is -2.53.